The first-order chi connectivity index (χ1) is 5.61. The molecule has 0 heterocycles. The van der Waals surface area contributed by atoms with E-state index in [1.807, 2.05) is 0 Å². The number of ketones is 1. The van der Waals surface area contributed by atoms with Crippen molar-refractivity contribution >= 4 is 17.5 Å². The molecular weight excluding hydrogens is 162 g/mol. The van der Waals surface area contributed by atoms with E-state index in [-0.39, 0.29) is 17.9 Å². The Morgan fingerprint density at radius 1 is 1.33 bits per heavy atom. The Bertz CT molecular complexity index is 209. The van der Waals surface area contributed by atoms with E-state index in [2.05, 4.69) is 14.7 Å². The van der Waals surface area contributed by atoms with E-state index in [1.54, 1.807) is 0 Å². The Kier molecular flexibility index (Phi) is 4.67. The average Bonchev–Trinajstić information content (AvgIpc) is 2.01. The van der Waals surface area contributed by atoms with E-state index in [0.29, 0.717) is 0 Å². The molecule has 0 aliphatic carbocycles. The summed E-state index contributed by atoms with van der Waals surface area (Å²) < 4.78 is 4.36. The van der Waals surface area contributed by atoms with Crippen LogP contribution in [0.25, 0.3) is 0 Å². The first-order valence-electron chi connectivity index (χ1n) is 3.29. The molecule has 0 saturated carbocycles. The first-order valence-corrected chi connectivity index (χ1v) is 3.29. The van der Waals surface area contributed by atoms with Gasteiger partial charge in [-0.05, 0) is 6.92 Å². The molecule has 0 radical (unpaired) electrons. The number of oxime groups is 1. The predicted molar refractivity (Wildman–Crippen MR) is 41.8 cm³/mol. The number of carbonyl (C=O) groups excluding carboxylic acids is 2. The number of rotatable bonds is 4. The molecule has 0 unspecified atom stereocenters. The minimum atomic E-state index is -0.646. The third-order valence-corrected chi connectivity index (χ3v) is 1.04. The van der Waals surface area contributed by atoms with E-state index in [4.69, 9.17) is 0 Å². The van der Waals surface area contributed by atoms with E-state index in [0.717, 1.165) is 0 Å². The van der Waals surface area contributed by atoms with Crippen LogP contribution in [-0.4, -0.2) is 31.7 Å². The van der Waals surface area contributed by atoms with Crippen LogP contribution < -0.4 is 0 Å². The molecule has 5 heteroatoms. The zero-order valence-corrected chi connectivity index (χ0v) is 7.29. The Hall–Kier alpha value is -1.39. The molecule has 0 aliphatic heterocycles. The van der Waals surface area contributed by atoms with Crippen LogP contribution in [0.1, 0.15) is 13.3 Å². The molecule has 0 bridgehead atoms. The largest absolute Gasteiger partial charge is 0.464 e. The van der Waals surface area contributed by atoms with Gasteiger partial charge in [0.05, 0.1) is 13.5 Å². The predicted octanol–water partition coefficient (Wildman–Crippen LogP) is 0.141. The number of ether oxygens (including phenoxy) is 1. The van der Waals surface area contributed by atoms with Gasteiger partial charge < -0.3 is 9.57 Å². The summed E-state index contributed by atoms with van der Waals surface area (Å²) in [6.45, 7) is 1.36. The number of Topliss-reactive ketones (excluding diaryl/α,β-unsaturated/α-hetero) is 1. The number of hydrogen-bond donors (Lipinski definition) is 0. The topological polar surface area (TPSA) is 65.0 Å². The fourth-order valence-electron chi connectivity index (χ4n) is 0.606. The maximum atomic E-state index is 10.9. The molecule has 0 rings (SSSR count). The highest BCUT2D eigenvalue weighted by Crippen LogP contribution is 1.92. The second-order valence-electron chi connectivity index (χ2n) is 2.09. The van der Waals surface area contributed by atoms with Crippen LogP contribution in [0.4, 0.5) is 0 Å². The number of esters is 1. The van der Waals surface area contributed by atoms with Crippen LogP contribution in [-0.2, 0) is 19.2 Å². The summed E-state index contributed by atoms with van der Waals surface area (Å²) in [5, 5.41) is 3.36. The van der Waals surface area contributed by atoms with E-state index < -0.39 is 5.97 Å². The van der Waals surface area contributed by atoms with Crippen molar-refractivity contribution in [1.82, 2.24) is 0 Å². The Morgan fingerprint density at radius 3 is 2.25 bits per heavy atom. The number of hydrogen-bond acceptors (Lipinski definition) is 5. The Balaban J connectivity index is 4.34. The second kappa shape index (κ2) is 5.29. The zero-order valence-electron chi connectivity index (χ0n) is 7.29. The van der Waals surface area contributed by atoms with Crippen molar-refractivity contribution in [3.8, 4) is 0 Å². The molecule has 0 atom stereocenters. The zero-order chi connectivity index (χ0) is 9.56. The summed E-state index contributed by atoms with van der Waals surface area (Å²) in [4.78, 5) is 25.8. The first kappa shape index (κ1) is 10.6. The highest BCUT2D eigenvalue weighted by atomic mass is 16.6. The number of nitrogens with zero attached hydrogens (tertiary/aromatic N) is 1. The van der Waals surface area contributed by atoms with Gasteiger partial charge in [0.2, 0.25) is 0 Å². The fourth-order valence-corrected chi connectivity index (χ4v) is 0.606. The highest BCUT2D eigenvalue weighted by Gasteiger charge is 2.14. The van der Waals surface area contributed by atoms with E-state index in [1.165, 1.54) is 21.1 Å². The lowest BCUT2D eigenvalue weighted by Crippen LogP contribution is -2.18. The van der Waals surface area contributed by atoms with Gasteiger partial charge in [-0.15, -0.1) is 0 Å². The Morgan fingerprint density at radius 2 is 1.92 bits per heavy atom. The van der Waals surface area contributed by atoms with Crippen molar-refractivity contribution in [2.45, 2.75) is 13.3 Å². The summed E-state index contributed by atoms with van der Waals surface area (Å²) in [5.41, 5.74) is -0.0208. The third-order valence-electron chi connectivity index (χ3n) is 1.04. The van der Waals surface area contributed by atoms with Gasteiger partial charge in [-0.3, -0.25) is 4.79 Å². The van der Waals surface area contributed by atoms with Crippen LogP contribution in [0.2, 0.25) is 0 Å². The molecule has 0 aromatic rings. The molecule has 68 valence electrons. The molecule has 0 N–H and O–H groups in total. The molecule has 0 aliphatic rings. The van der Waals surface area contributed by atoms with Gasteiger partial charge in [-0.2, -0.15) is 0 Å². The normalized spacial score (nSPS) is 10.8. The van der Waals surface area contributed by atoms with Crippen molar-refractivity contribution < 1.29 is 19.2 Å². The smallest absolute Gasteiger partial charge is 0.356 e. The SMILES string of the molecule is CO/N=C(/CC(C)=O)C(=O)OC. The summed E-state index contributed by atoms with van der Waals surface area (Å²) in [6, 6.07) is 0. The van der Waals surface area contributed by atoms with Crippen molar-refractivity contribution in [1.29, 1.82) is 0 Å². The summed E-state index contributed by atoms with van der Waals surface area (Å²) in [6.07, 6.45) is -0.0689. The summed E-state index contributed by atoms with van der Waals surface area (Å²) in [7, 11) is 2.51. The van der Waals surface area contributed by atoms with Gasteiger partial charge in [0.1, 0.15) is 12.9 Å². The fraction of sp³-hybridized carbons (Fsp3) is 0.571. The second-order valence-corrected chi connectivity index (χ2v) is 2.09. The van der Waals surface area contributed by atoms with E-state index >= 15 is 0 Å². The quantitative estimate of drug-likeness (QED) is 0.344. The van der Waals surface area contributed by atoms with Crippen LogP contribution in [0, 0.1) is 0 Å². The van der Waals surface area contributed by atoms with Crippen molar-refractivity contribution in [3.05, 3.63) is 0 Å². The van der Waals surface area contributed by atoms with Crippen LogP contribution in [0.3, 0.4) is 0 Å². The molecule has 0 amide bonds. The van der Waals surface area contributed by atoms with Crippen molar-refractivity contribution in [2.75, 3.05) is 14.2 Å². The monoisotopic (exact) mass is 173 g/mol. The molecule has 12 heavy (non-hydrogen) atoms. The third kappa shape index (κ3) is 3.70. The maximum absolute atomic E-state index is 10.9. The van der Waals surface area contributed by atoms with E-state index in [9.17, 15) is 9.59 Å². The lowest BCUT2D eigenvalue weighted by molar-refractivity contribution is -0.133. The Labute approximate surface area is 70.3 Å². The number of carbonyl (C=O) groups is 2. The molecule has 0 aromatic heterocycles. The van der Waals surface area contributed by atoms with Crippen molar-refractivity contribution in [2.24, 2.45) is 5.16 Å². The average molecular weight is 173 g/mol. The lowest BCUT2D eigenvalue weighted by atomic mass is 10.2. The molecule has 5 nitrogen and oxygen atoms in total. The molecule has 0 fully saturated rings. The summed E-state index contributed by atoms with van der Waals surface area (Å²) in [5.74, 6) is -0.816. The van der Waals surface area contributed by atoms with Gasteiger partial charge in [-0.1, -0.05) is 5.16 Å². The van der Waals surface area contributed by atoms with Crippen LogP contribution in [0.15, 0.2) is 5.16 Å². The van der Waals surface area contributed by atoms with Gasteiger partial charge in [0, 0.05) is 0 Å². The molecule has 0 aromatic carbocycles. The minimum absolute atomic E-state index is 0.0208. The van der Waals surface area contributed by atoms with Crippen LogP contribution >= 0.6 is 0 Å². The summed E-state index contributed by atoms with van der Waals surface area (Å²) >= 11 is 0. The van der Waals surface area contributed by atoms with Crippen molar-refractivity contribution in [3.63, 3.8) is 0 Å². The van der Waals surface area contributed by atoms with Gasteiger partial charge in [0.15, 0.2) is 5.71 Å². The minimum Gasteiger partial charge on any atom is -0.464 e. The van der Waals surface area contributed by atoms with Gasteiger partial charge in [-0.25, -0.2) is 4.79 Å². The molecule has 0 spiro atoms. The maximum Gasteiger partial charge on any atom is 0.356 e. The highest BCUT2D eigenvalue weighted by molar-refractivity contribution is 6.39. The van der Waals surface area contributed by atoms with Crippen LogP contribution in [0.5, 0.6) is 0 Å². The van der Waals surface area contributed by atoms with Gasteiger partial charge in [0.25, 0.3) is 0 Å². The number of methoxy groups -OCH3 is 1. The molecular formula is C7H11NO4. The lowest BCUT2D eigenvalue weighted by Gasteiger charge is -1.99. The van der Waals surface area contributed by atoms with Gasteiger partial charge >= 0.3 is 5.97 Å². The standard InChI is InChI=1S/C7H11NO4/c1-5(9)4-6(8-12-3)7(10)11-2/h4H2,1-3H3/b8-6-. The molecule has 0 saturated heterocycles.